The lowest BCUT2D eigenvalue weighted by molar-refractivity contribution is -0.139. The Balaban J connectivity index is 1.35. The fourth-order valence-corrected chi connectivity index (χ4v) is 6.80. The van der Waals surface area contributed by atoms with Gasteiger partial charge in [-0.15, -0.1) is 11.3 Å². The maximum atomic E-state index is 13.8. The summed E-state index contributed by atoms with van der Waals surface area (Å²) in [6.45, 7) is 4.24. The molecule has 0 radical (unpaired) electrons. The van der Waals surface area contributed by atoms with E-state index in [9.17, 15) is 9.59 Å². The van der Waals surface area contributed by atoms with Crippen LogP contribution in [-0.4, -0.2) is 17.1 Å². The molecule has 2 aromatic heterocycles. The highest BCUT2D eigenvalue weighted by Crippen LogP contribution is 2.33. The Kier molecular flexibility index (Phi) is 7.19. The molecule has 0 aliphatic carbocycles. The first-order chi connectivity index (χ1) is 19.5. The van der Waals surface area contributed by atoms with Crippen molar-refractivity contribution in [2.24, 2.45) is 4.99 Å². The predicted molar refractivity (Wildman–Crippen MR) is 159 cm³/mol. The van der Waals surface area contributed by atoms with Gasteiger partial charge in [0, 0.05) is 4.88 Å². The average Bonchev–Trinajstić information content (AvgIpc) is 3.60. The maximum absolute atomic E-state index is 13.8. The number of thiazole rings is 1. The minimum atomic E-state index is -0.576. The van der Waals surface area contributed by atoms with Gasteiger partial charge in [-0.25, -0.2) is 9.79 Å². The number of carbonyl (C=O) groups is 1. The molecule has 0 saturated carbocycles. The second-order valence-electron chi connectivity index (χ2n) is 9.32. The topological polar surface area (TPSA) is 69.9 Å². The molecule has 0 saturated heterocycles. The van der Waals surface area contributed by atoms with Gasteiger partial charge in [-0.2, -0.15) is 0 Å². The minimum absolute atomic E-state index is 0.196. The van der Waals surface area contributed by atoms with Gasteiger partial charge >= 0.3 is 5.97 Å². The number of nitrogens with zero attached hydrogens (tertiary/aromatic N) is 2. The Hall–Kier alpha value is -4.27. The van der Waals surface area contributed by atoms with Gasteiger partial charge in [-0.05, 0) is 65.4 Å². The molecule has 1 atom stereocenters. The molecule has 200 valence electrons. The SMILES string of the molecule is CCOC(=O)C1=C(C)N=c2s/c(=C\c3cccc(OCc4cccc5ccccc45)c3)c(=O)n2C1c1cccs1. The summed E-state index contributed by atoms with van der Waals surface area (Å²) >= 11 is 2.81. The summed E-state index contributed by atoms with van der Waals surface area (Å²) in [6.07, 6.45) is 1.85. The van der Waals surface area contributed by atoms with Gasteiger partial charge in [-0.3, -0.25) is 9.36 Å². The molecule has 0 N–H and O–H groups in total. The third-order valence-electron chi connectivity index (χ3n) is 6.76. The van der Waals surface area contributed by atoms with Crippen LogP contribution >= 0.6 is 22.7 Å². The van der Waals surface area contributed by atoms with Crippen LogP contribution in [0.2, 0.25) is 0 Å². The van der Waals surface area contributed by atoms with Crippen LogP contribution in [0.15, 0.2) is 105 Å². The third-order valence-corrected chi connectivity index (χ3v) is 8.67. The van der Waals surface area contributed by atoms with E-state index in [0.717, 1.165) is 16.0 Å². The van der Waals surface area contributed by atoms with Crippen LogP contribution in [0.5, 0.6) is 5.75 Å². The van der Waals surface area contributed by atoms with Crippen LogP contribution in [0, 0.1) is 0 Å². The molecule has 0 bridgehead atoms. The molecule has 3 aromatic carbocycles. The van der Waals surface area contributed by atoms with E-state index in [1.54, 1.807) is 18.4 Å². The molecule has 0 spiro atoms. The Morgan fingerprint density at radius 1 is 1.05 bits per heavy atom. The number of ether oxygens (including phenoxy) is 2. The lowest BCUT2D eigenvalue weighted by Gasteiger charge is -2.23. The van der Waals surface area contributed by atoms with Crippen molar-refractivity contribution in [1.82, 2.24) is 4.57 Å². The summed E-state index contributed by atoms with van der Waals surface area (Å²) < 4.78 is 13.6. The number of allylic oxidation sites excluding steroid dienone is 1. The molecule has 1 aliphatic rings. The number of fused-ring (bicyclic) bond motifs is 2. The Morgan fingerprint density at radius 2 is 1.88 bits per heavy atom. The van der Waals surface area contributed by atoms with Crippen molar-refractivity contribution >= 4 is 45.5 Å². The quantitative estimate of drug-likeness (QED) is 0.241. The van der Waals surface area contributed by atoms with E-state index in [-0.39, 0.29) is 12.2 Å². The largest absolute Gasteiger partial charge is 0.489 e. The summed E-state index contributed by atoms with van der Waals surface area (Å²) in [5.41, 5.74) is 2.71. The number of hydrogen-bond acceptors (Lipinski definition) is 7. The van der Waals surface area contributed by atoms with Crippen LogP contribution in [0.25, 0.3) is 16.8 Å². The van der Waals surface area contributed by atoms with Crippen molar-refractivity contribution in [3.63, 3.8) is 0 Å². The van der Waals surface area contributed by atoms with E-state index in [2.05, 4.69) is 29.3 Å². The van der Waals surface area contributed by atoms with E-state index in [1.807, 2.05) is 66.1 Å². The number of rotatable bonds is 7. The Bertz CT molecular complexity index is 1930. The number of esters is 1. The monoisotopic (exact) mass is 566 g/mol. The Labute approximate surface area is 238 Å². The standard InChI is InChI=1S/C32H26N2O4S2/c1-3-37-31(36)28-20(2)33-32-34(29(28)26-15-8-16-39-26)30(35)27(40-32)18-21-9-6-13-24(17-21)38-19-23-12-7-11-22-10-4-5-14-25(22)23/h4-18,29H,3,19H2,1-2H3/b27-18-. The zero-order chi connectivity index (χ0) is 27.6. The third kappa shape index (κ3) is 4.92. The molecule has 40 heavy (non-hydrogen) atoms. The van der Waals surface area contributed by atoms with E-state index in [4.69, 9.17) is 9.47 Å². The van der Waals surface area contributed by atoms with Crippen molar-refractivity contribution in [3.8, 4) is 5.75 Å². The molecule has 1 aliphatic heterocycles. The van der Waals surface area contributed by atoms with Gasteiger partial charge in [0.05, 0.1) is 22.4 Å². The van der Waals surface area contributed by atoms with Gasteiger partial charge in [0.2, 0.25) is 0 Å². The van der Waals surface area contributed by atoms with E-state index in [1.165, 1.54) is 33.4 Å². The zero-order valence-electron chi connectivity index (χ0n) is 22.0. The highest BCUT2D eigenvalue weighted by Gasteiger charge is 2.33. The predicted octanol–water partition coefficient (Wildman–Crippen LogP) is 5.59. The number of aromatic nitrogens is 1. The van der Waals surface area contributed by atoms with Crippen molar-refractivity contribution < 1.29 is 14.3 Å². The lowest BCUT2D eigenvalue weighted by Crippen LogP contribution is -2.39. The molecule has 8 heteroatoms. The fourth-order valence-electron chi connectivity index (χ4n) is 4.93. The van der Waals surface area contributed by atoms with Gasteiger partial charge in [0.25, 0.3) is 5.56 Å². The number of benzene rings is 3. The zero-order valence-corrected chi connectivity index (χ0v) is 23.6. The van der Waals surface area contributed by atoms with Crippen LogP contribution < -0.4 is 19.6 Å². The normalized spacial score (nSPS) is 15.2. The first-order valence-electron chi connectivity index (χ1n) is 13.0. The molecule has 0 fully saturated rings. The molecule has 1 unspecified atom stereocenters. The van der Waals surface area contributed by atoms with Gasteiger partial charge < -0.3 is 9.47 Å². The first-order valence-corrected chi connectivity index (χ1v) is 14.7. The van der Waals surface area contributed by atoms with Crippen molar-refractivity contribution in [2.45, 2.75) is 26.5 Å². The molecule has 3 heterocycles. The van der Waals surface area contributed by atoms with Crippen LogP contribution in [0.3, 0.4) is 0 Å². The molecular formula is C32H26N2O4S2. The Morgan fingerprint density at radius 3 is 2.70 bits per heavy atom. The summed E-state index contributed by atoms with van der Waals surface area (Å²) in [4.78, 5) is 32.8. The fraction of sp³-hybridized carbons (Fsp3) is 0.156. The number of hydrogen-bond donors (Lipinski definition) is 0. The minimum Gasteiger partial charge on any atom is -0.489 e. The van der Waals surface area contributed by atoms with Gasteiger partial charge in [0.1, 0.15) is 18.4 Å². The second kappa shape index (κ2) is 11.1. The van der Waals surface area contributed by atoms with E-state index in [0.29, 0.717) is 33.0 Å². The van der Waals surface area contributed by atoms with Crippen LogP contribution in [-0.2, 0) is 16.1 Å². The van der Waals surface area contributed by atoms with E-state index < -0.39 is 12.0 Å². The summed E-state index contributed by atoms with van der Waals surface area (Å²) in [6, 6.07) is 25.4. The summed E-state index contributed by atoms with van der Waals surface area (Å²) in [7, 11) is 0. The lowest BCUT2D eigenvalue weighted by atomic mass is 10.0. The average molecular weight is 567 g/mol. The van der Waals surface area contributed by atoms with Crippen LogP contribution in [0.4, 0.5) is 0 Å². The van der Waals surface area contributed by atoms with Gasteiger partial charge in [0.15, 0.2) is 4.80 Å². The molecule has 6 nitrogen and oxygen atoms in total. The number of thiophene rings is 1. The first kappa shape index (κ1) is 26.0. The smallest absolute Gasteiger partial charge is 0.338 e. The maximum Gasteiger partial charge on any atom is 0.338 e. The van der Waals surface area contributed by atoms with Crippen molar-refractivity contribution in [3.05, 3.63) is 131 Å². The highest BCUT2D eigenvalue weighted by atomic mass is 32.1. The summed E-state index contributed by atoms with van der Waals surface area (Å²) in [5, 5.41) is 4.28. The summed E-state index contributed by atoms with van der Waals surface area (Å²) in [5.74, 6) is 0.263. The molecule has 6 rings (SSSR count). The second-order valence-corrected chi connectivity index (χ2v) is 11.3. The van der Waals surface area contributed by atoms with E-state index >= 15 is 0 Å². The molecule has 5 aromatic rings. The van der Waals surface area contributed by atoms with Crippen molar-refractivity contribution in [1.29, 1.82) is 0 Å². The number of carbonyl (C=O) groups excluding carboxylic acids is 1. The van der Waals surface area contributed by atoms with Crippen molar-refractivity contribution in [2.75, 3.05) is 6.61 Å². The van der Waals surface area contributed by atoms with Gasteiger partial charge in [-0.1, -0.05) is 72.0 Å². The van der Waals surface area contributed by atoms with Crippen LogP contribution in [0.1, 0.15) is 35.9 Å². The highest BCUT2D eigenvalue weighted by molar-refractivity contribution is 7.10. The molecular weight excluding hydrogens is 540 g/mol. The molecule has 0 amide bonds.